The summed E-state index contributed by atoms with van der Waals surface area (Å²) in [5, 5.41) is 4.58. The fraction of sp³-hybridized carbons (Fsp3) is 0.688. The number of thiazole rings is 1. The molecule has 0 spiro atoms. The van der Waals surface area contributed by atoms with E-state index in [0.717, 1.165) is 6.42 Å². The van der Waals surface area contributed by atoms with Crippen molar-refractivity contribution in [2.75, 3.05) is 40.5 Å². The van der Waals surface area contributed by atoms with Crippen LogP contribution < -0.4 is 5.32 Å². The molecular weight excluding hydrogens is 366 g/mol. The minimum absolute atomic E-state index is 0.154. The number of carbonyl (C=O) groups is 2. The SMILES string of the molecule is COCCCNC(=O)c1csc(CN(CCCOC)C(=O)C(C)Cl)n1. The van der Waals surface area contributed by atoms with Crippen molar-refractivity contribution in [1.82, 2.24) is 15.2 Å². The Hall–Kier alpha value is -1.22. The molecule has 1 aromatic heterocycles. The highest BCUT2D eigenvalue weighted by Crippen LogP contribution is 2.15. The number of hydrogen-bond acceptors (Lipinski definition) is 6. The predicted octanol–water partition coefficient (Wildman–Crippen LogP) is 1.90. The number of methoxy groups -OCH3 is 2. The Morgan fingerprint density at radius 2 is 2.00 bits per heavy atom. The van der Waals surface area contributed by atoms with Gasteiger partial charge in [0, 0.05) is 45.9 Å². The Kier molecular flexibility index (Phi) is 10.6. The molecule has 0 aliphatic heterocycles. The van der Waals surface area contributed by atoms with Gasteiger partial charge in [-0.1, -0.05) is 0 Å². The van der Waals surface area contributed by atoms with E-state index >= 15 is 0 Å². The second-order valence-electron chi connectivity index (χ2n) is 5.45. The molecule has 0 aliphatic carbocycles. The van der Waals surface area contributed by atoms with Gasteiger partial charge in [0.25, 0.3) is 5.91 Å². The summed E-state index contributed by atoms with van der Waals surface area (Å²) in [6, 6.07) is 0. The first-order valence-corrected chi connectivity index (χ1v) is 9.44. The lowest BCUT2D eigenvalue weighted by atomic mass is 10.3. The van der Waals surface area contributed by atoms with E-state index in [0.29, 0.717) is 50.0 Å². The third kappa shape index (κ3) is 8.13. The predicted molar refractivity (Wildman–Crippen MR) is 98.2 cm³/mol. The highest BCUT2D eigenvalue weighted by atomic mass is 35.5. The molecular formula is C16H26ClN3O4S. The molecule has 0 fully saturated rings. The number of halogens is 1. The minimum atomic E-state index is -0.605. The molecule has 2 amide bonds. The van der Waals surface area contributed by atoms with Gasteiger partial charge in [-0.2, -0.15) is 0 Å². The smallest absolute Gasteiger partial charge is 0.270 e. The normalized spacial score (nSPS) is 12.0. The topological polar surface area (TPSA) is 80.8 Å². The van der Waals surface area contributed by atoms with E-state index < -0.39 is 5.38 Å². The minimum Gasteiger partial charge on any atom is -0.385 e. The number of ether oxygens (including phenoxy) is 2. The van der Waals surface area contributed by atoms with Crippen LogP contribution in [0.5, 0.6) is 0 Å². The zero-order chi connectivity index (χ0) is 18.7. The molecule has 7 nitrogen and oxygen atoms in total. The molecule has 1 N–H and O–H groups in total. The molecule has 25 heavy (non-hydrogen) atoms. The molecule has 1 unspecified atom stereocenters. The van der Waals surface area contributed by atoms with Crippen molar-refractivity contribution in [3.8, 4) is 0 Å². The third-order valence-electron chi connectivity index (χ3n) is 3.35. The molecule has 0 saturated heterocycles. The molecule has 1 rings (SSSR count). The second kappa shape index (κ2) is 12.2. The molecule has 0 aliphatic rings. The van der Waals surface area contributed by atoms with E-state index in [2.05, 4.69) is 10.3 Å². The van der Waals surface area contributed by atoms with Crippen molar-refractivity contribution < 1.29 is 19.1 Å². The van der Waals surface area contributed by atoms with Crippen LogP contribution in [0.25, 0.3) is 0 Å². The van der Waals surface area contributed by atoms with Crippen LogP contribution in [0.15, 0.2) is 5.38 Å². The lowest BCUT2D eigenvalue weighted by Crippen LogP contribution is -2.36. The summed E-state index contributed by atoms with van der Waals surface area (Å²) in [7, 11) is 3.24. The van der Waals surface area contributed by atoms with Crippen molar-refractivity contribution in [3.63, 3.8) is 0 Å². The highest BCUT2D eigenvalue weighted by molar-refractivity contribution is 7.09. The monoisotopic (exact) mass is 391 g/mol. The van der Waals surface area contributed by atoms with Gasteiger partial charge in [0.2, 0.25) is 5.91 Å². The summed E-state index contributed by atoms with van der Waals surface area (Å²) >= 11 is 7.28. The third-order valence-corrected chi connectivity index (χ3v) is 4.37. The first-order valence-electron chi connectivity index (χ1n) is 8.13. The Labute approximate surface area is 157 Å². The summed E-state index contributed by atoms with van der Waals surface area (Å²) in [5.41, 5.74) is 0.362. The van der Waals surface area contributed by atoms with E-state index in [9.17, 15) is 9.59 Å². The van der Waals surface area contributed by atoms with E-state index in [-0.39, 0.29) is 11.8 Å². The number of nitrogens with one attached hydrogen (secondary N) is 1. The Morgan fingerprint density at radius 3 is 2.64 bits per heavy atom. The van der Waals surface area contributed by atoms with Crippen molar-refractivity contribution in [2.45, 2.75) is 31.7 Å². The number of hydrogen-bond donors (Lipinski definition) is 1. The van der Waals surface area contributed by atoms with Crippen LogP contribution in [0.1, 0.15) is 35.3 Å². The molecule has 0 saturated carbocycles. The lowest BCUT2D eigenvalue weighted by molar-refractivity contribution is -0.131. The van der Waals surface area contributed by atoms with Gasteiger partial charge in [-0.15, -0.1) is 22.9 Å². The van der Waals surface area contributed by atoms with Gasteiger partial charge in [-0.3, -0.25) is 9.59 Å². The highest BCUT2D eigenvalue weighted by Gasteiger charge is 2.20. The van der Waals surface area contributed by atoms with Crippen molar-refractivity contribution in [2.24, 2.45) is 0 Å². The van der Waals surface area contributed by atoms with Crippen molar-refractivity contribution in [3.05, 3.63) is 16.1 Å². The summed E-state index contributed by atoms with van der Waals surface area (Å²) in [4.78, 5) is 30.2. The van der Waals surface area contributed by atoms with E-state index in [1.165, 1.54) is 11.3 Å². The molecule has 1 aromatic rings. The van der Waals surface area contributed by atoms with Crippen LogP contribution in [0.2, 0.25) is 0 Å². The largest absolute Gasteiger partial charge is 0.385 e. The molecule has 142 valence electrons. The molecule has 9 heteroatoms. The van der Waals surface area contributed by atoms with Gasteiger partial charge in [-0.25, -0.2) is 4.98 Å². The molecule has 1 atom stereocenters. The lowest BCUT2D eigenvalue weighted by Gasteiger charge is -2.22. The quantitative estimate of drug-likeness (QED) is 0.434. The van der Waals surface area contributed by atoms with Crippen LogP contribution in [-0.4, -0.2) is 67.6 Å². The van der Waals surface area contributed by atoms with Gasteiger partial charge in [0.1, 0.15) is 16.1 Å². The number of alkyl halides is 1. The Morgan fingerprint density at radius 1 is 1.32 bits per heavy atom. The Bertz CT molecular complexity index is 539. The van der Waals surface area contributed by atoms with Gasteiger partial charge in [0.15, 0.2) is 0 Å². The average Bonchev–Trinajstić information content (AvgIpc) is 3.05. The zero-order valence-corrected chi connectivity index (χ0v) is 16.5. The molecule has 1 heterocycles. The molecule has 0 bridgehead atoms. The zero-order valence-electron chi connectivity index (χ0n) is 14.9. The van der Waals surface area contributed by atoms with E-state index in [4.69, 9.17) is 21.1 Å². The number of amides is 2. The van der Waals surface area contributed by atoms with Crippen molar-refractivity contribution >= 4 is 34.8 Å². The maximum absolute atomic E-state index is 12.2. The van der Waals surface area contributed by atoms with Crippen LogP contribution in [0.4, 0.5) is 0 Å². The second-order valence-corrected chi connectivity index (χ2v) is 7.05. The maximum atomic E-state index is 12.2. The molecule has 0 radical (unpaired) electrons. The van der Waals surface area contributed by atoms with Crippen molar-refractivity contribution in [1.29, 1.82) is 0 Å². The fourth-order valence-corrected chi connectivity index (χ4v) is 3.01. The number of aromatic nitrogens is 1. The van der Waals surface area contributed by atoms with Crippen LogP contribution >= 0.6 is 22.9 Å². The summed E-state index contributed by atoms with van der Waals surface area (Å²) < 4.78 is 9.96. The Balaban J connectivity index is 2.61. The van der Waals surface area contributed by atoms with Gasteiger partial charge in [0.05, 0.1) is 6.54 Å². The summed E-state index contributed by atoms with van der Waals surface area (Å²) in [6.45, 7) is 4.20. The van der Waals surface area contributed by atoms with Gasteiger partial charge < -0.3 is 19.7 Å². The number of carbonyl (C=O) groups excluding carboxylic acids is 2. The summed E-state index contributed by atoms with van der Waals surface area (Å²) in [5.74, 6) is -0.375. The standard InChI is InChI=1S/C16H26ClN3O4S/c1-12(17)16(22)20(7-5-9-24-3)10-14-19-13(11-25-14)15(21)18-6-4-8-23-2/h11-12H,4-10H2,1-3H3,(H,18,21). The number of nitrogens with zero attached hydrogens (tertiary/aromatic N) is 2. The van der Waals surface area contributed by atoms with E-state index in [1.807, 2.05) is 0 Å². The molecule has 0 aromatic carbocycles. The van der Waals surface area contributed by atoms with Crippen LogP contribution in [0.3, 0.4) is 0 Å². The van der Waals surface area contributed by atoms with E-state index in [1.54, 1.807) is 31.4 Å². The van der Waals surface area contributed by atoms with Gasteiger partial charge in [-0.05, 0) is 19.8 Å². The maximum Gasteiger partial charge on any atom is 0.270 e. The van der Waals surface area contributed by atoms with Crippen LogP contribution in [0, 0.1) is 0 Å². The number of rotatable bonds is 12. The first kappa shape index (κ1) is 21.8. The summed E-state index contributed by atoms with van der Waals surface area (Å²) in [6.07, 6.45) is 1.46. The van der Waals surface area contributed by atoms with Crippen LogP contribution in [-0.2, 0) is 20.8 Å². The fourth-order valence-electron chi connectivity index (χ4n) is 2.08. The first-order chi connectivity index (χ1) is 12.0. The van der Waals surface area contributed by atoms with Gasteiger partial charge >= 0.3 is 0 Å². The average molecular weight is 392 g/mol.